The van der Waals surface area contributed by atoms with Crippen molar-refractivity contribution in [1.82, 2.24) is 34.0 Å². The molecule has 0 atom stereocenters. The van der Waals surface area contributed by atoms with E-state index in [4.69, 9.17) is 29.4 Å². The van der Waals surface area contributed by atoms with Crippen molar-refractivity contribution in [3.63, 3.8) is 0 Å². The van der Waals surface area contributed by atoms with Crippen molar-refractivity contribution in [2.45, 2.75) is 98.2 Å². The first kappa shape index (κ1) is 30.2. The Balaban J connectivity index is 1.37. The van der Waals surface area contributed by atoms with Gasteiger partial charge in [-0.1, -0.05) is 25.7 Å². The largest absolute Gasteiger partial charge is 0.444 e. The number of rotatable bonds is 8. The first-order chi connectivity index (χ1) is 20.9. The summed E-state index contributed by atoms with van der Waals surface area (Å²) in [6, 6.07) is 11.3. The Hall–Kier alpha value is -3.83. The zero-order valence-electron chi connectivity index (χ0n) is 27.0. The molecule has 0 spiro atoms. The van der Waals surface area contributed by atoms with Gasteiger partial charge in [0.1, 0.15) is 29.5 Å². The van der Waals surface area contributed by atoms with E-state index in [1.165, 1.54) is 0 Å². The number of carbonyl (C=O) groups excluding carboxylic acids is 1. The summed E-state index contributed by atoms with van der Waals surface area (Å²) in [5, 5.41) is 0. The molecule has 232 valence electrons. The summed E-state index contributed by atoms with van der Waals surface area (Å²) >= 11 is 0. The van der Waals surface area contributed by atoms with Crippen LogP contribution in [0.3, 0.4) is 0 Å². The molecular weight excluding hydrogens is 570 g/mol. The van der Waals surface area contributed by atoms with Gasteiger partial charge in [-0.3, -0.25) is 14.9 Å². The molecule has 6 heterocycles. The zero-order chi connectivity index (χ0) is 31.2. The number of aromatic nitrogens is 6. The molecule has 10 nitrogen and oxygen atoms in total. The van der Waals surface area contributed by atoms with Gasteiger partial charge in [-0.25, -0.2) is 14.8 Å². The number of fused-ring (bicyclic) bond motifs is 2. The molecule has 2 aliphatic heterocycles. The van der Waals surface area contributed by atoms with Crippen LogP contribution in [-0.4, -0.2) is 60.3 Å². The normalized spacial score (nSPS) is 14.7. The highest BCUT2D eigenvalue weighted by Gasteiger charge is 2.33. The minimum atomic E-state index is -1.26. The molecule has 0 saturated heterocycles. The molecule has 0 saturated carbocycles. The fourth-order valence-corrected chi connectivity index (χ4v) is 6.51. The lowest BCUT2D eigenvalue weighted by Gasteiger charge is -2.24. The van der Waals surface area contributed by atoms with E-state index >= 15 is 0 Å². The molecular formula is C33H43N7O3Si. The Bertz CT molecular complexity index is 1700. The van der Waals surface area contributed by atoms with Gasteiger partial charge in [0.05, 0.1) is 35.9 Å². The van der Waals surface area contributed by atoms with Crippen molar-refractivity contribution >= 4 is 14.2 Å². The highest BCUT2D eigenvalue weighted by atomic mass is 28.3. The summed E-state index contributed by atoms with van der Waals surface area (Å²) in [7, 11) is -1.26. The fraction of sp³-hybridized carbons (Fsp3) is 0.485. The summed E-state index contributed by atoms with van der Waals surface area (Å²) in [5.74, 6) is 1.83. The number of hydrogen-bond donors (Lipinski definition) is 0. The summed E-state index contributed by atoms with van der Waals surface area (Å²) < 4.78 is 16.3. The Labute approximate surface area is 260 Å². The molecule has 0 aromatic carbocycles. The molecule has 44 heavy (non-hydrogen) atoms. The van der Waals surface area contributed by atoms with Crippen LogP contribution in [0.25, 0.3) is 34.2 Å². The Morgan fingerprint density at radius 3 is 2.61 bits per heavy atom. The predicted octanol–water partition coefficient (Wildman–Crippen LogP) is 6.69. The monoisotopic (exact) mass is 613 g/mol. The molecule has 2 aliphatic rings. The number of nitrogens with zero attached hydrogens (tertiary/aromatic N) is 7. The minimum Gasteiger partial charge on any atom is -0.444 e. The van der Waals surface area contributed by atoms with Gasteiger partial charge < -0.3 is 18.6 Å². The van der Waals surface area contributed by atoms with E-state index in [9.17, 15) is 4.79 Å². The molecule has 6 rings (SSSR count). The second kappa shape index (κ2) is 11.6. The zero-order valence-corrected chi connectivity index (χ0v) is 28.0. The van der Waals surface area contributed by atoms with Crippen molar-refractivity contribution in [3.05, 3.63) is 59.4 Å². The summed E-state index contributed by atoms with van der Waals surface area (Å²) in [5.41, 5.74) is 6.82. The lowest BCUT2D eigenvalue weighted by molar-refractivity contribution is 0.0232. The standard InChI is InChI=1S/C33H43N7O3Si/c1-22-10-8-11-24(35-22)29-30(39-15-9-12-28(39)37-29)23-13-14-34-25(18-23)31-36-26-19-38(32(41)43-33(2,3)4)20-27(26)40(31)21-42-16-17-44(5,6)7/h8,10-11,13-14,18H,9,12,15-17,19-21H2,1-7H3. The second-order valence-electron chi connectivity index (χ2n) is 14.0. The van der Waals surface area contributed by atoms with Crippen LogP contribution >= 0.6 is 0 Å². The third kappa shape index (κ3) is 6.34. The highest BCUT2D eigenvalue weighted by Crippen LogP contribution is 2.37. The van der Waals surface area contributed by atoms with Gasteiger partial charge in [0.25, 0.3) is 0 Å². The summed E-state index contributed by atoms with van der Waals surface area (Å²) in [6.07, 6.45) is 3.54. The van der Waals surface area contributed by atoms with Crippen LogP contribution < -0.4 is 0 Å². The molecule has 0 radical (unpaired) electrons. The van der Waals surface area contributed by atoms with Crippen LogP contribution in [0.1, 0.15) is 50.1 Å². The maximum Gasteiger partial charge on any atom is 0.410 e. The molecule has 0 unspecified atom stereocenters. The quantitative estimate of drug-likeness (QED) is 0.161. The molecule has 4 aromatic rings. The molecule has 0 aliphatic carbocycles. The smallest absolute Gasteiger partial charge is 0.410 e. The van der Waals surface area contributed by atoms with Gasteiger partial charge in [-0.05, 0) is 64.4 Å². The van der Waals surface area contributed by atoms with Crippen LogP contribution in [0.15, 0.2) is 36.5 Å². The first-order valence-corrected chi connectivity index (χ1v) is 19.2. The number of carbonyl (C=O) groups is 1. The Kier molecular flexibility index (Phi) is 7.96. The number of aryl methyl sites for hydroxylation is 2. The average molecular weight is 614 g/mol. The van der Waals surface area contributed by atoms with E-state index < -0.39 is 13.7 Å². The van der Waals surface area contributed by atoms with Crippen molar-refractivity contribution in [2.24, 2.45) is 0 Å². The average Bonchev–Trinajstić information content (AvgIpc) is 3.70. The van der Waals surface area contributed by atoms with E-state index in [2.05, 4.69) is 34.8 Å². The fourth-order valence-electron chi connectivity index (χ4n) is 5.75. The van der Waals surface area contributed by atoms with Crippen molar-refractivity contribution < 1.29 is 14.3 Å². The van der Waals surface area contributed by atoms with Gasteiger partial charge in [0, 0.05) is 45.1 Å². The Morgan fingerprint density at radius 1 is 1.05 bits per heavy atom. The highest BCUT2D eigenvalue weighted by molar-refractivity contribution is 6.76. The van der Waals surface area contributed by atoms with Gasteiger partial charge in [0.15, 0.2) is 5.82 Å². The van der Waals surface area contributed by atoms with Crippen LogP contribution in [0.4, 0.5) is 4.79 Å². The van der Waals surface area contributed by atoms with Crippen LogP contribution in [0.5, 0.6) is 0 Å². The van der Waals surface area contributed by atoms with Crippen molar-refractivity contribution in [2.75, 3.05) is 6.61 Å². The SMILES string of the molecule is Cc1cccc(-c2nc3n(c2-c2ccnc(-c4nc5c(n4COCC[Si](C)(C)C)CN(C(=O)OC(C)(C)C)C5)c2)CCC3)n1. The topological polar surface area (TPSA) is 100 Å². The lowest BCUT2D eigenvalue weighted by atomic mass is 10.1. The number of ether oxygens (including phenoxy) is 2. The maximum absolute atomic E-state index is 12.9. The van der Waals surface area contributed by atoms with E-state index in [1.54, 1.807) is 4.90 Å². The van der Waals surface area contributed by atoms with E-state index in [-0.39, 0.29) is 6.09 Å². The molecule has 0 bridgehead atoms. The van der Waals surface area contributed by atoms with E-state index in [1.807, 2.05) is 58.2 Å². The van der Waals surface area contributed by atoms with Gasteiger partial charge in [-0.15, -0.1) is 0 Å². The van der Waals surface area contributed by atoms with Gasteiger partial charge in [0.2, 0.25) is 0 Å². The lowest BCUT2D eigenvalue weighted by Crippen LogP contribution is -2.34. The summed E-state index contributed by atoms with van der Waals surface area (Å²) in [4.78, 5) is 34.3. The van der Waals surface area contributed by atoms with Crippen LogP contribution in [0.2, 0.25) is 25.7 Å². The number of pyridine rings is 2. The number of hydrogen-bond acceptors (Lipinski definition) is 7. The molecule has 4 aromatic heterocycles. The summed E-state index contributed by atoms with van der Waals surface area (Å²) in [6.45, 7) is 17.4. The molecule has 1 amide bonds. The van der Waals surface area contributed by atoms with Crippen molar-refractivity contribution in [1.29, 1.82) is 0 Å². The third-order valence-corrected chi connectivity index (χ3v) is 9.63. The maximum atomic E-state index is 12.9. The van der Waals surface area contributed by atoms with E-state index in [0.717, 1.165) is 82.5 Å². The third-order valence-electron chi connectivity index (χ3n) is 7.93. The van der Waals surface area contributed by atoms with Crippen LogP contribution in [-0.2, 0) is 42.3 Å². The Morgan fingerprint density at radius 2 is 1.86 bits per heavy atom. The van der Waals surface area contributed by atoms with E-state index in [0.29, 0.717) is 26.4 Å². The molecule has 11 heteroatoms. The van der Waals surface area contributed by atoms with Gasteiger partial charge in [-0.2, -0.15) is 0 Å². The van der Waals surface area contributed by atoms with Crippen LogP contribution in [0, 0.1) is 6.92 Å². The number of amides is 1. The van der Waals surface area contributed by atoms with Crippen molar-refractivity contribution in [3.8, 4) is 34.2 Å². The minimum absolute atomic E-state index is 0.338. The predicted molar refractivity (Wildman–Crippen MR) is 173 cm³/mol. The molecule has 0 fully saturated rings. The first-order valence-electron chi connectivity index (χ1n) is 15.5. The van der Waals surface area contributed by atoms with Gasteiger partial charge >= 0.3 is 6.09 Å². The molecule has 0 N–H and O–H groups in total. The number of imidazole rings is 2. The second-order valence-corrected chi connectivity index (χ2v) is 19.6.